The molecule has 152 valence electrons. The molecule has 1 aromatic carbocycles. The third kappa shape index (κ3) is 7.66. The van der Waals surface area contributed by atoms with E-state index in [0.29, 0.717) is 13.0 Å². The second-order valence-corrected chi connectivity index (χ2v) is 8.28. The largest absolute Gasteiger partial charge is 0.483 e. The van der Waals surface area contributed by atoms with Crippen LogP contribution in [0.2, 0.25) is 0 Å². The summed E-state index contributed by atoms with van der Waals surface area (Å²) in [4.78, 5) is 21.8. The summed E-state index contributed by atoms with van der Waals surface area (Å²) in [6.45, 7) is 2.02. The Bertz CT molecular complexity index is 722. The first-order chi connectivity index (χ1) is 12.7. The van der Waals surface area contributed by atoms with Gasteiger partial charge in [-0.05, 0) is 37.9 Å². The molecule has 0 unspecified atom stereocenters. The molecule has 0 spiro atoms. The molecular formula is C18H28N2O6S. The van der Waals surface area contributed by atoms with Gasteiger partial charge in [-0.15, -0.1) is 0 Å². The molecule has 0 amide bonds. The Kier molecular flexibility index (Phi) is 9.40. The predicted molar refractivity (Wildman–Crippen MR) is 102 cm³/mol. The summed E-state index contributed by atoms with van der Waals surface area (Å²) in [5, 5.41) is 6.89. The highest BCUT2D eigenvalue weighted by molar-refractivity contribution is 7.88. The Morgan fingerprint density at radius 1 is 1.33 bits per heavy atom. The van der Waals surface area contributed by atoms with Crippen LogP contribution in [0.4, 0.5) is 0 Å². The molecule has 0 radical (unpaired) electrons. The first-order valence-corrected chi connectivity index (χ1v) is 10.3. The van der Waals surface area contributed by atoms with Crippen LogP contribution < -0.4 is 4.72 Å². The van der Waals surface area contributed by atoms with Crippen molar-refractivity contribution in [2.24, 2.45) is 0 Å². The van der Waals surface area contributed by atoms with Gasteiger partial charge in [-0.2, -0.15) is 0 Å². The molecule has 2 N–H and O–H groups in total. The van der Waals surface area contributed by atoms with E-state index in [4.69, 9.17) is 14.6 Å². The van der Waals surface area contributed by atoms with E-state index in [-0.39, 0.29) is 30.3 Å². The highest BCUT2D eigenvalue weighted by atomic mass is 32.2. The number of benzene rings is 1. The maximum Gasteiger partial charge on any atom is 0.307 e. The van der Waals surface area contributed by atoms with Crippen molar-refractivity contribution < 1.29 is 27.9 Å². The quantitative estimate of drug-likeness (QED) is 0.521. The number of aryl methyl sites for hydroxylation is 1. The molecule has 1 aliphatic heterocycles. The van der Waals surface area contributed by atoms with Crippen LogP contribution in [0.25, 0.3) is 0 Å². The minimum absolute atomic E-state index is 0.0122. The topological polar surface area (TPSA) is 113 Å². The summed E-state index contributed by atoms with van der Waals surface area (Å²) in [5.41, 5.74) is 1.78. The number of nitrogens with one attached hydrogen (secondary N) is 1. The maximum atomic E-state index is 12.3. The standard InChI is InChI=1S/C17H26N2O4S.CH2O2/c1-13-6-4-5-7-14(13)12-24(21,22)18-11-16-9-8-15(19(16)2)10-17(20)23-3;2-1-3/h4-7,15-16,18H,8-12H2,1-3H3;1H,(H,2,3)/t15-,16+;/m1./s1. The van der Waals surface area contributed by atoms with Crippen molar-refractivity contribution in [2.45, 2.75) is 44.0 Å². The van der Waals surface area contributed by atoms with Crippen LogP contribution in [-0.2, 0) is 30.1 Å². The number of hydrogen-bond acceptors (Lipinski definition) is 6. The number of likely N-dealkylation sites (tertiary alicyclic amines) is 1. The molecule has 0 bridgehead atoms. The Labute approximate surface area is 160 Å². The first-order valence-electron chi connectivity index (χ1n) is 8.62. The van der Waals surface area contributed by atoms with Crippen LogP contribution in [0, 0.1) is 6.92 Å². The number of hydrogen-bond donors (Lipinski definition) is 2. The molecule has 8 nitrogen and oxygen atoms in total. The van der Waals surface area contributed by atoms with Crippen LogP contribution in [0.1, 0.15) is 30.4 Å². The highest BCUT2D eigenvalue weighted by Crippen LogP contribution is 2.24. The third-order valence-electron chi connectivity index (χ3n) is 4.76. The van der Waals surface area contributed by atoms with Crippen molar-refractivity contribution in [1.82, 2.24) is 9.62 Å². The van der Waals surface area contributed by atoms with Gasteiger partial charge in [0, 0.05) is 18.6 Å². The van der Waals surface area contributed by atoms with Gasteiger partial charge in [-0.3, -0.25) is 14.5 Å². The van der Waals surface area contributed by atoms with Gasteiger partial charge in [0.05, 0.1) is 19.3 Å². The lowest BCUT2D eigenvalue weighted by Crippen LogP contribution is -2.41. The van der Waals surface area contributed by atoms with Crippen molar-refractivity contribution in [1.29, 1.82) is 0 Å². The molecule has 0 aliphatic carbocycles. The molecule has 0 saturated carbocycles. The smallest absolute Gasteiger partial charge is 0.307 e. The van der Waals surface area contributed by atoms with Gasteiger partial charge < -0.3 is 9.84 Å². The average Bonchev–Trinajstić information content (AvgIpc) is 2.96. The minimum atomic E-state index is -3.38. The van der Waals surface area contributed by atoms with E-state index in [1.807, 2.05) is 38.2 Å². The number of nitrogens with zero attached hydrogens (tertiary/aromatic N) is 1. The van der Waals surface area contributed by atoms with Crippen LogP contribution in [-0.4, -0.2) is 63.7 Å². The van der Waals surface area contributed by atoms with Gasteiger partial charge in [-0.25, -0.2) is 13.1 Å². The monoisotopic (exact) mass is 400 g/mol. The van der Waals surface area contributed by atoms with Crippen LogP contribution in [0.3, 0.4) is 0 Å². The number of methoxy groups -OCH3 is 1. The fourth-order valence-electron chi connectivity index (χ4n) is 3.11. The number of carbonyl (C=O) groups excluding carboxylic acids is 1. The zero-order chi connectivity index (χ0) is 20.4. The lowest BCUT2D eigenvalue weighted by molar-refractivity contribution is -0.141. The van der Waals surface area contributed by atoms with Crippen LogP contribution >= 0.6 is 0 Å². The van der Waals surface area contributed by atoms with E-state index in [1.54, 1.807) is 0 Å². The van der Waals surface area contributed by atoms with Crippen molar-refractivity contribution >= 4 is 22.5 Å². The average molecular weight is 400 g/mol. The number of ether oxygens (including phenoxy) is 1. The number of carbonyl (C=O) groups is 2. The van der Waals surface area contributed by atoms with E-state index < -0.39 is 10.0 Å². The lowest BCUT2D eigenvalue weighted by Gasteiger charge is -2.25. The van der Waals surface area contributed by atoms with E-state index in [0.717, 1.165) is 24.0 Å². The van der Waals surface area contributed by atoms with E-state index in [1.165, 1.54) is 7.11 Å². The van der Waals surface area contributed by atoms with Crippen molar-refractivity contribution in [2.75, 3.05) is 20.7 Å². The predicted octanol–water partition coefficient (Wildman–Crippen LogP) is 1.14. The van der Waals surface area contributed by atoms with Gasteiger partial charge in [0.25, 0.3) is 6.47 Å². The first kappa shape index (κ1) is 23.1. The molecule has 27 heavy (non-hydrogen) atoms. The molecule has 2 atom stereocenters. The summed E-state index contributed by atoms with van der Waals surface area (Å²) >= 11 is 0. The number of carboxylic acid groups (broad SMARTS) is 1. The summed E-state index contributed by atoms with van der Waals surface area (Å²) in [6, 6.07) is 7.71. The number of rotatable bonds is 7. The van der Waals surface area contributed by atoms with Gasteiger partial charge in [-0.1, -0.05) is 24.3 Å². The Morgan fingerprint density at radius 2 is 1.93 bits per heavy atom. The molecule has 9 heteroatoms. The molecule has 1 fully saturated rings. The van der Waals surface area contributed by atoms with E-state index in [2.05, 4.69) is 9.62 Å². The number of likely N-dealkylation sites (N-methyl/N-ethyl adjacent to an activating group) is 1. The normalized spacial score (nSPS) is 19.8. The van der Waals surface area contributed by atoms with Crippen LogP contribution in [0.5, 0.6) is 0 Å². The maximum absolute atomic E-state index is 12.3. The minimum Gasteiger partial charge on any atom is -0.483 e. The van der Waals surface area contributed by atoms with Crippen LogP contribution in [0.15, 0.2) is 24.3 Å². The third-order valence-corrected chi connectivity index (χ3v) is 6.06. The molecule has 0 aromatic heterocycles. The number of sulfonamides is 1. The van der Waals surface area contributed by atoms with Crippen molar-refractivity contribution in [3.05, 3.63) is 35.4 Å². The Balaban J connectivity index is 0.00000114. The molecular weight excluding hydrogens is 372 g/mol. The summed E-state index contributed by atoms with van der Waals surface area (Å²) in [7, 11) is -0.0667. The van der Waals surface area contributed by atoms with Crippen molar-refractivity contribution in [3.8, 4) is 0 Å². The zero-order valence-corrected chi connectivity index (χ0v) is 16.7. The number of esters is 1. The SMILES string of the molecule is COC(=O)C[C@H]1CC[C@@H](CNS(=O)(=O)Cc2ccccc2C)N1C.O=CO. The second kappa shape index (κ2) is 11.0. The Morgan fingerprint density at radius 3 is 2.52 bits per heavy atom. The zero-order valence-electron chi connectivity index (χ0n) is 15.9. The van der Waals surface area contributed by atoms with E-state index >= 15 is 0 Å². The fourth-order valence-corrected chi connectivity index (χ4v) is 4.39. The summed E-state index contributed by atoms with van der Waals surface area (Å²) in [5.74, 6) is -0.241. The molecule has 1 aliphatic rings. The molecule has 1 heterocycles. The summed E-state index contributed by atoms with van der Waals surface area (Å²) < 4.78 is 32.1. The lowest BCUT2D eigenvalue weighted by atomic mass is 10.1. The second-order valence-electron chi connectivity index (χ2n) is 6.47. The van der Waals surface area contributed by atoms with Gasteiger partial charge in [0.15, 0.2) is 0 Å². The van der Waals surface area contributed by atoms with Gasteiger partial charge in [0.1, 0.15) is 0 Å². The van der Waals surface area contributed by atoms with Crippen molar-refractivity contribution in [3.63, 3.8) is 0 Å². The molecule has 2 rings (SSSR count). The molecule has 1 saturated heterocycles. The Hall–Kier alpha value is -1.97. The summed E-state index contributed by atoms with van der Waals surface area (Å²) in [6.07, 6.45) is 2.08. The fraction of sp³-hybridized carbons (Fsp3) is 0.556. The van der Waals surface area contributed by atoms with Gasteiger partial charge in [0.2, 0.25) is 10.0 Å². The van der Waals surface area contributed by atoms with E-state index in [9.17, 15) is 13.2 Å². The van der Waals surface area contributed by atoms with Gasteiger partial charge >= 0.3 is 5.97 Å². The highest BCUT2D eigenvalue weighted by Gasteiger charge is 2.32. The molecule has 1 aromatic rings.